The van der Waals surface area contributed by atoms with Crippen molar-refractivity contribution in [1.29, 1.82) is 0 Å². The first kappa shape index (κ1) is 14.9. The first-order valence-corrected chi connectivity index (χ1v) is 6.08. The molecule has 0 aliphatic heterocycles. The molecule has 0 aliphatic rings. The molecule has 0 bridgehead atoms. The molecule has 1 atom stereocenters. The van der Waals surface area contributed by atoms with Crippen LogP contribution in [0.3, 0.4) is 0 Å². The second-order valence-electron chi connectivity index (χ2n) is 4.13. The standard InChI is InChI=1S/C12H23NO3/c1-3-5-6-7-11(14)13-9-10(4-2)8-12(15)16/h10H,3-9H2,1-2H3,(H,13,14)(H,15,16). The van der Waals surface area contributed by atoms with Crippen LogP contribution in [0.4, 0.5) is 0 Å². The molecule has 1 unspecified atom stereocenters. The van der Waals surface area contributed by atoms with Gasteiger partial charge in [0, 0.05) is 19.4 Å². The van der Waals surface area contributed by atoms with Crippen molar-refractivity contribution in [2.75, 3.05) is 6.54 Å². The highest BCUT2D eigenvalue weighted by atomic mass is 16.4. The highest BCUT2D eigenvalue weighted by Gasteiger charge is 2.12. The first-order valence-electron chi connectivity index (χ1n) is 6.08. The zero-order chi connectivity index (χ0) is 12.4. The minimum atomic E-state index is -0.799. The number of carboxylic acids is 1. The van der Waals surface area contributed by atoms with Gasteiger partial charge in [-0.15, -0.1) is 0 Å². The molecule has 0 fully saturated rings. The third kappa shape index (κ3) is 8.26. The topological polar surface area (TPSA) is 66.4 Å². The second-order valence-corrected chi connectivity index (χ2v) is 4.13. The van der Waals surface area contributed by atoms with E-state index >= 15 is 0 Å². The molecule has 2 N–H and O–H groups in total. The van der Waals surface area contributed by atoms with E-state index in [1.807, 2.05) is 6.92 Å². The van der Waals surface area contributed by atoms with Gasteiger partial charge in [-0.3, -0.25) is 9.59 Å². The molecule has 0 rings (SSSR count). The van der Waals surface area contributed by atoms with Crippen molar-refractivity contribution in [2.45, 2.75) is 52.4 Å². The van der Waals surface area contributed by atoms with E-state index in [0.29, 0.717) is 13.0 Å². The number of hydrogen-bond acceptors (Lipinski definition) is 2. The van der Waals surface area contributed by atoms with Crippen molar-refractivity contribution in [3.05, 3.63) is 0 Å². The molecule has 0 aromatic heterocycles. The van der Waals surface area contributed by atoms with Gasteiger partial charge in [0.15, 0.2) is 0 Å². The number of hydrogen-bond donors (Lipinski definition) is 2. The molecule has 4 nitrogen and oxygen atoms in total. The Labute approximate surface area is 97.4 Å². The molecule has 1 amide bonds. The largest absolute Gasteiger partial charge is 0.481 e. The molecule has 4 heteroatoms. The summed E-state index contributed by atoms with van der Waals surface area (Å²) in [6.45, 7) is 4.52. The number of nitrogens with one attached hydrogen (secondary N) is 1. The third-order valence-corrected chi connectivity index (χ3v) is 2.64. The fourth-order valence-electron chi connectivity index (χ4n) is 1.49. The smallest absolute Gasteiger partial charge is 0.303 e. The molecule has 0 aliphatic carbocycles. The molecule has 0 heterocycles. The van der Waals surface area contributed by atoms with Gasteiger partial charge in [0.1, 0.15) is 0 Å². The third-order valence-electron chi connectivity index (χ3n) is 2.64. The number of carboxylic acid groups (broad SMARTS) is 1. The van der Waals surface area contributed by atoms with Crippen molar-refractivity contribution >= 4 is 11.9 Å². The summed E-state index contributed by atoms with van der Waals surface area (Å²) < 4.78 is 0. The average molecular weight is 229 g/mol. The molecule has 94 valence electrons. The summed E-state index contributed by atoms with van der Waals surface area (Å²) in [4.78, 5) is 21.9. The minimum Gasteiger partial charge on any atom is -0.481 e. The van der Waals surface area contributed by atoms with E-state index in [2.05, 4.69) is 12.2 Å². The maximum absolute atomic E-state index is 11.4. The van der Waals surface area contributed by atoms with Crippen LogP contribution in [-0.4, -0.2) is 23.5 Å². The predicted molar refractivity (Wildman–Crippen MR) is 63.2 cm³/mol. The molecular weight excluding hydrogens is 206 g/mol. The molecule has 16 heavy (non-hydrogen) atoms. The maximum atomic E-state index is 11.4. The lowest BCUT2D eigenvalue weighted by atomic mass is 10.0. The van der Waals surface area contributed by atoms with Crippen LogP contribution in [0.2, 0.25) is 0 Å². The SMILES string of the molecule is CCCCCC(=O)NCC(CC)CC(=O)O. The Bertz CT molecular complexity index is 216. The number of carbonyl (C=O) groups is 2. The van der Waals surface area contributed by atoms with E-state index < -0.39 is 5.97 Å². The van der Waals surface area contributed by atoms with Crippen LogP contribution < -0.4 is 5.32 Å². The summed E-state index contributed by atoms with van der Waals surface area (Å²) in [6, 6.07) is 0. The van der Waals surface area contributed by atoms with E-state index in [0.717, 1.165) is 25.7 Å². The predicted octanol–water partition coefficient (Wildman–Crippen LogP) is 2.18. The molecular formula is C12H23NO3. The van der Waals surface area contributed by atoms with Gasteiger partial charge in [-0.1, -0.05) is 33.1 Å². The summed E-state index contributed by atoms with van der Waals surface area (Å²) >= 11 is 0. The summed E-state index contributed by atoms with van der Waals surface area (Å²) in [7, 11) is 0. The van der Waals surface area contributed by atoms with E-state index in [-0.39, 0.29) is 18.2 Å². The van der Waals surface area contributed by atoms with Crippen LogP contribution in [0, 0.1) is 5.92 Å². The highest BCUT2D eigenvalue weighted by molar-refractivity contribution is 5.75. The summed E-state index contributed by atoms with van der Waals surface area (Å²) in [6.07, 6.45) is 4.55. The first-order chi connectivity index (χ1) is 7.60. The quantitative estimate of drug-likeness (QED) is 0.595. The monoisotopic (exact) mass is 229 g/mol. The highest BCUT2D eigenvalue weighted by Crippen LogP contribution is 2.07. The Hall–Kier alpha value is -1.06. The van der Waals surface area contributed by atoms with Crippen LogP contribution in [0.1, 0.15) is 52.4 Å². The lowest BCUT2D eigenvalue weighted by molar-refractivity contribution is -0.138. The summed E-state index contributed by atoms with van der Waals surface area (Å²) in [5, 5.41) is 11.4. The Morgan fingerprint density at radius 1 is 1.25 bits per heavy atom. The van der Waals surface area contributed by atoms with Gasteiger partial charge in [0.05, 0.1) is 0 Å². The van der Waals surface area contributed by atoms with Crippen LogP contribution in [0.5, 0.6) is 0 Å². The van der Waals surface area contributed by atoms with Crippen molar-refractivity contribution in [3.63, 3.8) is 0 Å². The van der Waals surface area contributed by atoms with Crippen LogP contribution in [0.25, 0.3) is 0 Å². The molecule has 0 saturated heterocycles. The van der Waals surface area contributed by atoms with Gasteiger partial charge >= 0.3 is 5.97 Å². The summed E-state index contributed by atoms with van der Waals surface area (Å²) in [5.74, 6) is -0.711. The Morgan fingerprint density at radius 2 is 1.94 bits per heavy atom. The van der Waals surface area contributed by atoms with E-state index in [1.165, 1.54) is 0 Å². The number of aliphatic carboxylic acids is 1. The Kier molecular flexibility index (Phi) is 8.58. The van der Waals surface area contributed by atoms with E-state index in [4.69, 9.17) is 5.11 Å². The normalized spacial score (nSPS) is 12.1. The zero-order valence-electron chi connectivity index (χ0n) is 10.3. The number of rotatable bonds is 9. The van der Waals surface area contributed by atoms with Gasteiger partial charge in [-0.25, -0.2) is 0 Å². The van der Waals surface area contributed by atoms with Gasteiger partial charge in [0.25, 0.3) is 0 Å². The van der Waals surface area contributed by atoms with Crippen LogP contribution in [0.15, 0.2) is 0 Å². The molecule has 0 aromatic carbocycles. The zero-order valence-corrected chi connectivity index (χ0v) is 10.3. The number of amides is 1. The lowest BCUT2D eigenvalue weighted by Crippen LogP contribution is -2.29. The van der Waals surface area contributed by atoms with Gasteiger partial charge < -0.3 is 10.4 Å². The lowest BCUT2D eigenvalue weighted by Gasteiger charge is -2.13. The molecule has 0 saturated carbocycles. The molecule has 0 radical (unpaired) electrons. The van der Waals surface area contributed by atoms with E-state index in [1.54, 1.807) is 0 Å². The average Bonchev–Trinajstić information content (AvgIpc) is 2.24. The van der Waals surface area contributed by atoms with Crippen molar-refractivity contribution < 1.29 is 14.7 Å². The van der Waals surface area contributed by atoms with Crippen LogP contribution in [-0.2, 0) is 9.59 Å². The fraction of sp³-hybridized carbons (Fsp3) is 0.833. The number of carbonyl (C=O) groups excluding carboxylic acids is 1. The van der Waals surface area contributed by atoms with Crippen molar-refractivity contribution in [1.82, 2.24) is 5.32 Å². The Morgan fingerprint density at radius 3 is 2.44 bits per heavy atom. The Balaban J connectivity index is 3.66. The van der Waals surface area contributed by atoms with Gasteiger partial charge in [0.2, 0.25) is 5.91 Å². The van der Waals surface area contributed by atoms with Crippen molar-refractivity contribution in [3.8, 4) is 0 Å². The minimum absolute atomic E-state index is 0.0392. The van der Waals surface area contributed by atoms with E-state index in [9.17, 15) is 9.59 Å². The van der Waals surface area contributed by atoms with Crippen LogP contribution >= 0.6 is 0 Å². The van der Waals surface area contributed by atoms with Gasteiger partial charge in [-0.05, 0) is 12.3 Å². The van der Waals surface area contributed by atoms with Gasteiger partial charge in [-0.2, -0.15) is 0 Å². The second kappa shape index (κ2) is 9.19. The fourth-order valence-corrected chi connectivity index (χ4v) is 1.49. The van der Waals surface area contributed by atoms with Crippen molar-refractivity contribution in [2.24, 2.45) is 5.92 Å². The molecule has 0 spiro atoms. The maximum Gasteiger partial charge on any atom is 0.303 e. The summed E-state index contributed by atoms with van der Waals surface area (Å²) in [5.41, 5.74) is 0. The molecule has 0 aromatic rings. The number of unbranched alkanes of at least 4 members (excludes halogenated alkanes) is 2.